The molecule has 0 bridgehead atoms. The Bertz CT molecular complexity index is 691. The summed E-state index contributed by atoms with van der Waals surface area (Å²) in [5.41, 5.74) is 3.15. The quantitative estimate of drug-likeness (QED) is 0.787. The van der Waals surface area contributed by atoms with Crippen LogP contribution in [0.5, 0.6) is 0 Å². The zero-order valence-corrected chi connectivity index (χ0v) is 11.2. The van der Waals surface area contributed by atoms with Gasteiger partial charge in [0.05, 0.1) is 5.69 Å². The van der Waals surface area contributed by atoms with Crippen molar-refractivity contribution in [2.24, 2.45) is 0 Å². The third kappa shape index (κ3) is 2.83. The summed E-state index contributed by atoms with van der Waals surface area (Å²) in [7, 11) is 0. The van der Waals surface area contributed by atoms with Crippen molar-refractivity contribution in [3.05, 3.63) is 66.2 Å². The second-order valence-corrected chi connectivity index (χ2v) is 4.50. The Morgan fingerprint density at radius 2 is 2.10 bits per heavy atom. The molecule has 0 aliphatic carbocycles. The lowest BCUT2D eigenvalue weighted by atomic mass is 10.2. The summed E-state index contributed by atoms with van der Waals surface area (Å²) < 4.78 is 1.84. The monoisotopic (exact) mass is 265 g/mol. The summed E-state index contributed by atoms with van der Waals surface area (Å²) in [5, 5.41) is 7.45. The van der Waals surface area contributed by atoms with Crippen molar-refractivity contribution >= 4 is 5.95 Å². The van der Waals surface area contributed by atoms with E-state index in [1.807, 2.05) is 42.1 Å². The van der Waals surface area contributed by atoms with Gasteiger partial charge in [-0.05, 0) is 36.8 Å². The molecule has 3 rings (SSSR count). The Kier molecular flexibility index (Phi) is 3.41. The molecule has 1 N–H and O–H groups in total. The van der Waals surface area contributed by atoms with Gasteiger partial charge in [-0.3, -0.25) is 0 Å². The molecule has 100 valence electrons. The largest absolute Gasteiger partial charge is 0.350 e. The van der Waals surface area contributed by atoms with Crippen molar-refractivity contribution in [1.82, 2.24) is 19.7 Å². The van der Waals surface area contributed by atoms with E-state index in [4.69, 9.17) is 0 Å². The Balaban J connectivity index is 1.73. The summed E-state index contributed by atoms with van der Waals surface area (Å²) in [6, 6.07) is 12.0. The summed E-state index contributed by atoms with van der Waals surface area (Å²) in [6.45, 7) is 2.63. The van der Waals surface area contributed by atoms with E-state index in [2.05, 4.69) is 32.5 Å². The third-order valence-electron chi connectivity index (χ3n) is 2.92. The van der Waals surface area contributed by atoms with Gasteiger partial charge in [0.25, 0.3) is 0 Å². The van der Waals surface area contributed by atoms with Crippen molar-refractivity contribution in [2.45, 2.75) is 13.5 Å². The van der Waals surface area contributed by atoms with Crippen molar-refractivity contribution in [1.29, 1.82) is 0 Å². The lowest BCUT2D eigenvalue weighted by molar-refractivity contribution is 0.877. The number of hydrogen-bond donors (Lipinski definition) is 1. The van der Waals surface area contributed by atoms with Crippen molar-refractivity contribution in [3.8, 4) is 5.69 Å². The van der Waals surface area contributed by atoms with E-state index < -0.39 is 0 Å². The highest BCUT2D eigenvalue weighted by atomic mass is 15.3. The number of rotatable bonds is 4. The van der Waals surface area contributed by atoms with Crippen LogP contribution in [0.1, 0.15) is 11.3 Å². The smallest absolute Gasteiger partial charge is 0.223 e. The summed E-state index contributed by atoms with van der Waals surface area (Å²) >= 11 is 0. The van der Waals surface area contributed by atoms with Gasteiger partial charge < -0.3 is 5.32 Å². The van der Waals surface area contributed by atoms with Gasteiger partial charge in [-0.15, -0.1) is 0 Å². The van der Waals surface area contributed by atoms with Gasteiger partial charge in [-0.2, -0.15) is 5.10 Å². The number of nitrogens with zero attached hydrogens (tertiary/aromatic N) is 4. The molecule has 0 unspecified atom stereocenters. The van der Waals surface area contributed by atoms with Crippen LogP contribution in [0.15, 0.2) is 55.0 Å². The van der Waals surface area contributed by atoms with E-state index in [0.29, 0.717) is 12.5 Å². The lowest BCUT2D eigenvalue weighted by Gasteiger charge is -2.07. The van der Waals surface area contributed by atoms with Crippen LogP contribution in [-0.2, 0) is 6.54 Å². The minimum atomic E-state index is 0.648. The van der Waals surface area contributed by atoms with Gasteiger partial charge in [0, 0.05) is 30.8 Å². The molecule has 0 amide bonds. The first-order valence-corrected chi connectivity index (χ1v) is 6.44. The predicted molar refractivity (Wildman–Crippen MR) is 77.7 cm³/mol. The molecular formula is C15H15N5. The molecule has 5 heteroatoms. The molecule has 0 aliphatic rings. The van der Waals surface area contributed by atoms with E-state index in [-0.39, 0.29) is 0 Å². The molecule has 0 radical (unpaired) electrons. The van der Waals surface area contributed by atoms with Crippen LogP contribution in [-0.4, -0.2) is 19.7 Å². The fourth-order valence-corrected chi connectivity index (χ4v) is 1.95. The van der Waals surface area contributed by atoms with Gasteiger partial charge in [-0.25, -0.2) is 14.6 Å². The number of nitrogens with one attached hydrogen (secondary N) is 1. The van der Waals surface area contributed by atoms with Crippen LogP contribution in [0.25, 0.3) is 5.69 Å². The van der Waals surface area contributed by atoms with Crippen LogP contribution < -0.4 is 5.32 Å². The topological polar surface area (TPSA) is 55.6 Å². The third-order valence-corrected chi connectivity index (χ3v) is 2.92. The SMILES string of the molecule is Cc1ccnc(NCc2cccc(-n3cccn3)c2)n1. The molecule has 3 aromatic rings. The standard InChI is InChI=1S/C15H15N5/c1-12-6-8-16-15(19-12)17-11-13-4-2-5-14(10-13)20-9-3-7-18-20/h2-10H,11H2,1H3,(H,16,17,19). The minimum absolute atomic E-state index is 0.648. The second kappa shape index (κ2) is 5.52. The summed E-state index contributed by atoms with van der Waals surface area (Å²) in [6.07, 6.45) is 5.45. The maximum atomic E-state index is 4.32. The van der Waals surface area contributed by atoms with Gasteiger partial charge in [0.1, 0.15) is 0 Å². The first-order chi connectivity index (χ1) is 9.81. The number of benzene rings is 1. The van der Waals surface area contributed by atoms with Crippen LogP contribution in [0.4, 0.5) is 5.95 Å². The van der Waals surface area contributed by atoms with Crippen LogP contribution in [0.2, 0.25) is 0 Å². The number of anilines is 1. The maximum absolute atomic E-state index is 4.32. The number of aryl methyl sites for hydroxylation is 1. The van der Waals surface area contributed by atoms with Gasteiger partial charge >= 0.3 is 0 Å². The van der Waals surface area contributed by atoms with Crippen molar-refractivity contribution in [3.63, 3.8) is 0 Å². The van der Waals surface area contributed by atoms with E-state index in [1.165, 1.54) is 0 Å². The summed E-state index contributed by atoms with van der Waals surface area (Å²) in [5.74, 6) is 0.648. The molecule has 0 spiro atoms. The maximum Gasteiger partial charge on any atom is 0.223 e. The average Bonchev–Trinajstić information content (AvgIpc) is 3.00. The molecule has 0 aliphatic heterocycles. The van der Waals surface area contributed by atoms with Crippen molar-refractivity contribution in [2.75, 3.05) is 5.32 Å². The summed E-state index contributed by atoms with van der Waals surface area (Å²) in [4.78, 5) is 8.51. The molecule has 0 fully saturated rings. The predicted octanol–water partition coefficient (Wildman–Crippen LogP) is 2.58. The fraction of sp³-hybridized carbons (Fsp3) is 0.133. The average molecular weight is 265 g/mol. The molecule has 20 heavy (non-hydrogen) atoms. The first kappa shape index (κ1) is 12.3. The van der Waals surface area contributed by atoms with Crippen LogP contribution in [0, 0.1) is 6.92 Å². The zero-order chi connectivity index (χ0) is 13.8. The van der Waals surface area contributed by atoms with E-state index >= 15 is 0 Å². The second-order valence-electron chi connectivity index (χ2n) is 4.50. The van der Waals surface area contributed by atoms with E-state index in [1.54, 1.807) is 12.4 Å². The van der Waals surface area contributed by atoms with Crippen LogP contribution >= 0.6 is 0 Å². The van der Waals surface area contributed by atoms with E-state index in [9.17, 15) is 0 Å². The Morgan fingerprint density at radius 1 is 1.15 bits per heavy atom. The highest BCUT2D eigenvalue weighted by Gasteiger charge is 2.00. The Morgan fingerprint density at radius 3 is 2.90 bits per heavy atom. The highest BCUT2D eigenvalue weighted by Crippen LogP contribution is 2.11. The van der Waals surface area contributed by atoms with E-state index in [0.717, 1.165) is 16.9 Å². The van der Waals surface area contributed by atoms with Gasteiger partial charge in [0.2, 0.25) is 5.95 Å². The molecule has 5 nitrogen and oxygen atoms in total. The molecule has 0 saturated heterocycles. The molecular weight excluding hydrogens is 250 g/mol. The molecule has 1 aromatic carbocycles. The zero-order valence-electron chi connectivity index (χ0n) is 11.2. The first-order valence-electron chi connectivity index (χ1n) is 6.44. The molecule has 0 saturated carbocycles. The number of hydrogen-bond acceptors (Lipinski definition) is 4. The highest BCUT2D eigenvalue weighted by molar-refractivity contribution is 5.37. The molecule has 2 heterocycles. The normalized spacial score (nSPS) is 10.4. The minimum Gasteiger partial charge on any atom is -0.350 e. The lowest BCUT2D eigenvalue weighted by Crippen LogP contribution is -2.04. The Labute approximate surface area is 117 Å². The van der Waals surface area contributed by atoms with Crippen molar-refractivity contribution < 1.29 is 0 Å². The Hall–Kier alpha value is -2.69. The fourth-order valence-electron chi connectivity index (χ4n) is 1.95. The molecule has 0 atom stereocenters. The molecule has 2 aromatic heterocycles. The van der Waals surface area contributed by atoms with Gasteiger partial charge in [-0.1, -0.05) is 12.1 Å². The van der Waals surface area contributed by atoms with Gasteiger partial charge in [0.15, 0.2) is 0 Å². The van der Waals surface area contributed by atoms with Crippen LogP contribution in [0.3, 0.4) is 0 Å². The number of aromatic nitrogens is 4.